The zero-order valence-corrected chi connectivity index (χ0v) is 10.8. The van der Waals surface area contributed by atoms with Crippen LogP contribution in [0.5, 0.6) is 0 Å². The molecule has 1 aromatic heterocycles. The number of fused-ring (bicyclic) bond motifs is 1. The molecule has 0 fully saturated rings. The molecule has 1 aromatic carbocycles. The van der Waals surface area contributed by atoms with Gasteiger partial charge >= 0.3 is 0 Å². The largest absolute Gasteiger partial charge is 0.351 e. The predicted molar refractivity (Wildman–Crippen MR) is 75.2 cm³/mol. The van der Waals surface area contributed by atoms with Gasteiger partial charge in [0.15, 0.2) is 0 Å². The quantitative estimate of drug-likeness (QED) is 0.592. The summed E-state index contributed by atoms with van der Waals surface area (Å²) in [5, 5.41) is 3.92. The maximum Gasteiger partial charge on any atom is 0.267 e. The number of rotatable bonds is 7. The number of carbonyl (C=O) groups is 2. The third-order valence-electron chi connectivity index (χ3n) is 3.06. The summed E-state index contributed by atoms with van der Waals surface area (Å²) in [6, 6.07) is 9.67. The SMILES string of the molecule is O=CCCCCCNC(=O)c1cc2ccccc2[nH]1. The number of unbranched alkanes of at least 4 members (excludes halogenated alkanes) is 3. The van der Waals surface area contributed by atoms with Gasteiger partial charge in [-0.05, 0) is 25.0 Å². The van der Waals surface area contributed by atoms with Gasteiger partial charge in [0.2, 0.25) is 0 Å². The number of hydrogen-bond acceptors (Lipinski definition) is 2. The molecular formula is C15H18N2O2. The van der Waals surface area contributed by atoms with Crippen molar-refractivity contribution in [3.05, 3.63) is 36.0 Å². The molecule has 0 radical (unpaired) electrons. The second kappa shape index (κ2) is 6.73. The van der Waals surface area contributed by atoms with Gasteiger partial charge in [-0.1, -0.05) is 24.6 Å². The lowest BCUT2D eigenvalue weighted by Gasteiger charge is -2.02. The molecule has 0 bridgehead atoms. The van der Waals surface area contributed by atoms with E-state index in [1.165, 1.54) is 0 Å². The van der Waals surface area contributed by atoms with Crippen molar-refractivity contribution >= 4 is 23.1 Å². The Labute approximate surface area is 112 Å². The fourth-order valence-electron chi connectivity index (χ4n) is 2.02. The first-order valence-corrected chi connectivity index (χ1v) is 6.61. The number of nitrogens with one attached hydrogen (secondary N) is 2. The van der Waals surface area contributed by atoms with E-state index in [0.29, 0.717) is 18.7 Å². The van der Waals surface area contributed by atoms with Crippen molar-refractivity contribution in [3.63, 3.8) is 0 Å². The van der Waals surface area contributed by atoms with Gasteiger partial charge in [-0.3, -0.25) is 4.79 Å². The molecule has 0 aliphatic heterocycles. The maximum absolute atomic E-state index is 11.9. The number of para-hydroxylation sites is 1. The van der Waals surface area contributed by atoms with Crippen molar-refractivity contribution < 1.29 is 9.59 Å². The van der Waals surface area contributed by atoms with Crippen LogP contribution in [-0.4, -0.2) is 23.7 Å². The fraction of sp³-hybridized carbons (Fsp3) is 0.333. The van der Waals surface area contributed by atoms with Crippen LogP contribution in [0.4, 0.5) is 0 Å². The van der Waals surface area contributed by atoms with Gasteiger partial charge in [0, 0.05) is 23.9 Å². The van der Waals surface area contributed by atoms with E-state index < -0.39 is 0 Å². The highest BCUT2D eigenvalue weighted by Gasteiger charge is 2.07. The molecule has 4 nitrogen and oxygen atoms in total. The summed E-state index contributed by atoms with van der Waals surface area (Å²) in [4.78, 5) is 25.1. The van der Waals surface area contributed by atoms with Gasteiger partial charge in [-0.15, -0.1) is 0 Å². The molecule has 19 heavy (non-hydrogen) atoms. The first-order valence-electron chi connectivity index (χ1n) is 6.61. The number of hydrogen-bond donors (Lipinski definition) is 2. The third-order valence-corrected chi connectivity index (χ3v) is 3.06. The van der Waals surface area contributed by atoms with E-state index in [9.17, 15) is 9.59 Å². The Morgan fingerprint density at radius 3 is 2.84 bits per heavy atom. The smallest absolute Gasteiger partial charge is 0.267 e. The number of aromatic nitrogens is 1. The number of amides is 1. The second-order valence-electron chi connectivity index (χ2n) is 4.54. The van der Waals surface area contributed by atoms with E-state index in [0.717, 1.165) is 36.5 Å². The van der Waals surface area contributed by atoms with Crippen LogP contribution >= 0.6 is 0 Å². The van der Waals surface area contributed by atoms with E-state index in [1.807, 2.05) is 30.3 Å². The lowest BCUT2D eigenvalue weighted by atomic mass is 10.2. The van der Waals surface area contributed by atoms with E-state index in [2.05, 4.69) is 10.3 Å². The highest BCUT2D eigenvalue weighted by atomic mass is 16.1. The first kappa shape index (κ1) is 13.3. The zero-order chi connectivity index (χ0) is 13.5. The molecule has 1 heterocycles. The number of carbonyl (C=O) groups excluding carboxylic acids is 2. The van der Waals surface area contributed by atoms with E-state index >= 15 is 0 Å². The molecule has 0 aliphatic carbocycles. The molecular weight excluding hydrogens is 240 g/mol. The summed E-state index contributed by atoms with van der Waals surface area (Å²) in [6.45, 7) is 0.646. The highest BCUT2D eigenvalue weighted by molar-refractivity contribution is 5.97. The van der Waals surface area contributed by atoms with Crippen molar-refractivity contribution in [1.29, 1.82) is 0 Å². The number of aromatic amines is 1. The summed E-state index contributed by atoms with van der Waals surface area (Å²) in [6.07, 6.45) is 4.30. The van der Waals surface area contributed by atoms with Crippen molar-refractivity contribution in [2.45, 2.75) is 25.7 Å². The lowest BCUT2D eigenvalue weighted by molar-refractivity contribution is -0.107. The van der Waals surface area contributed by atoms with Gasteiger partial charge < -0.3 is 15.1 Å². The van der Waals surface area contributed by atoms with Crippen LogP contribution in [-0.2, 0) is 4.79 Å². The summed E-state index contributed by atoms with van der Waals surface area (Å²) < 4.78 is 0. The van der Waals surface area contributed by atoms with Crippen molar-refractivity contribution in [2.75, 3.05) is 6.54 Å². The molecule has 0 atom stereocenters. The number of H-pyrrole nitrogens is 1. The van der Waals surface area contributed by atoms with Crippen LogP contribution in [0.15, 0.2) is 30.3 Å². The second-order valence-corrected chi connectivity index (χ2v) is 4.54. The molecule has 0 saturated heterocycles. The minimum absolute atomic E-state index is 0.0772. The van der Waals surface area contributed by atoms with Crippen molar-refractivity contribution in [2.24, 2.45) is 0 Å². The molecule has 100 valence electrons. The summed E-state index contributed by atoms with van der Waals surface area (Å²) in [7, 11) is 0. The topological polar surface area (TPSA) is 62.0 Å². The lowest BCUT2D eigenvalue weighted by Crippen LogP contribution is -2.24. The molecule has 2 N–H and O–H groups in total. The highest BCUT2D eigenvalue weighted by Crippen LogP contribution is 2.14. The normalized spacial score (nSPS) is 10.5. The molecule has 2 aromatic rings. The van der Waals surface area contributed by atoms with Crippen LogP contribution in [0, 0.1) is 0 Å². The monoisotopic (exact) mass is 258 g/mol. The Kier molecular flexibility index (Phi) is 4.72. The van der Waals surface area contributed by atoms with Crippen molar-refractivity contribution in [1.82, 2.24) is 10.3 Å². The van der Waals surface area contributed by atoms with Gasteiger partial charge in [0.25, 0.3) is 5.91 Å². The van der Waals surface area contributed by atoms with E-state index in [1.54, 1.807) is 0 Å². The first-order chi connectivity index (χ1) is 9.31. The fourth-order valence-corrected chi connectivity index (χ4v) is 2.02. The standard InChI is InChI=1S/C15H18N2O2/c18-10-6-2-1-5-9-16-15(19)14-11-12-7-3-4-8-13(12)17-14/h3-4,7-8,10-11,17H,1-2,5-6,9H2,(H,16,19). The van der Waals surface area contributed by atoms with Gasteiger partial charge in [0.05, 0.1) is 0 Å². The Hall–Kier alpha value is -2.10. The molecule has 0 aliphatic rings. The molecule has 1 amide bonds. The third kappa shape index (κ3) is 3.68. The van der Waals surface area contributed by atoms with Gasteiger partial charge in [0.1, 0.15) is 12.0 Å². The van der Waals surface area contributed by atoms with Crippen LogP contribution in [0.2, 0.25) is 0 Å². The molecule has 0 spiro atoms. The van der Waals surface area contributed by atoms with Crippen LogP contribution in [0.1, 0.15) is 36.2 Å². The molecule has 0 unspecified atom stereocenters. The van der Waals surface area contributed by atoms with E-state index in [4.69, 9.17) is 0 Å². The summed E-state index contributed by atoms with van der Waals surface area (Å²) >= 11 is 0. The number of benzene rings is 1. The van der Waals surface area contributed by atoms with Crippen molar-refractivity contribution in [3.8, 4) is 0 Å². The van der Waals surface area contributed by atoms with Gasteiger partial charge in [-0.2, -0.15) is 0 Å². The molecule has 2 rings (SSSR count). The van der Waals surface area contributed by atoms with Gasteiger partial charge in [-0.25, -0.2) is 0 Å². The Morgan fingerprint density at radius 2 is 2.05 bits per heavy atom. The van der Waals surface area contributed by atoms with E-state index in [-0.39, 0.29) is 5.91 Å². The average Bonchev–Trinajstić information content (AvgIpc) is 2.86. The van der Waals surface area contributed by atoms with Crippen LogP contribution < -0.4 is 5.32 Å². The molecule has 4 heteroatoms. The maximum atomic E-state index is 11.9. The Morgan fingerprint density at radius 1 is 1.21 bits per heavy atom. The minimum Gasteiger partial charge on any atom is -0.351 e. The Balaban J connectivity index is 1.81. The van der Waals surface area contributed by atoms with Crippen LogP contribution in [0.3, 0.4) is 0 Å². The average molecular weight is 258 g/mol. The Bertz CT molecular complexity index is 527. The summed E-state index contributed by atoms with van der Waals surface area (Å²) in [5.41, 5.74) is 1.56. The molecule has 0 saturated carbocycles. The minimum atomic E-state index is -0.0772. The zero-order valence-electron chi connectivity index (χ0n) is 10.8. The van der Waals surface area contributed by atoms with Crippen LogP contribution in [0.25, 0.3) is 10.9 Å². The summed E-state index contributed by atoms with van der Waals surface area (Å²) in [5.74, 6) is -0.0772. The number of aldehydes is 1. The predicted octanol–water partition coefficient (Wildman–Crippen LogP) is 2.66.